The fourth-order valence-corrected chi connectivity index (χ4v) is 5.31. The smallest absolute Gasteiger partial charge is 0.283 e. The number of thiophene rings is 1. The molecule has 3 rings (SSSR count). The summed E-state index contributed by atoms with van der Waals surface area (Å²) in [7, 11) is -4.03. The molecule has 0 unspecified atom stereocenters. The predicted octanol–water partition coefficient (Wildman–Crippen LogP) is 5.17. The molecule has 33 heavy (non-hydrogen) atoms. The second kappa shape index (κ2) is 10.3. The van der Waals surface area contributed by atoms with E-state index in [4.69, 9.17) is 0 Å². The molecule has 0 aliphatic carbocycles. The average Bonchev–Trinajstić information content (AvgIpc) is 3.27. The number of amides is 1. The van der Waals surface area contributed by atoms with E-state index < -0.39 is 32.8 Å². The highest BCUT2D eigenvalue weighted by Gasteiger charge is 2.40. The van der Waals surface area contributed by atoms with Crippen LogP contribution in [0.5, 0.6) is 0 Å². The van der Waals surface area contributed by atoms with E-state index in [1.54, 1.807) is 0 Å². The van der Waals surface area contributed by atoms with Crippen LogP contribution >= 0.6 is 11.3 Å². The minimum absolute atomic E-state index is 0.0356. The first-order valence-electron chi connectivity index (χ1n) is 9.93. The first-order chi connectivity index (χ1) is 15.6. The minimum atomic E-state index is -5.07. The highest BCUT2D eigenvalue weighted by Crippen LogP contribution is 2.29. The molecular weight excluding hydrogens is 475 g/mol. The number of sulfonamides is 1. The number of rotatable bonds is 9. The Hall–Kier alpha value is -2.98. The van der Waals surface area contributed by atoms with Crippen molar-refractivity contribution in [1.82, 2.24) is 4.72 Å². The minimum Gasteiger partial charge on any atom is -0.283 e. The van der Waals surface area contributed by atoms with Crippen LogP contribution in [0.4, 0.5) is 13.2 Å². The van der Waals surface area contributed by atoms with Gasteiger partial charge in [-0.1, -0.05) is 60.7 Å². The monoisotopic (exact) mass is 495 g/mol. The molecule has 0 saturated heterocycles. The van der Waals surface area contributed by atoms with E-state index in [1.165, 1.54) is 0 Å². The first kappa shape index (κ1) is 24.7. The molecule has 0 radical (unpaired) electrons. The zero-order chi connectivity index (χ0) is 24.1. The summed E-state index contributed by atoms with van der Waals surface area (Å²) in [6.07, 6.45) is -4.32. The van der Waals surface area contributed by atoms with Gasteiger partial charge in [0.15, 0.2) is 0 Å². The number of Topliss-reactive ketones (excluding diaryl/α,β-unsaturated/α-hetero) is 1. The van der Waals surface area contributed by atoms with Crippen molar-refractivity contribution in [3.05, 3.63) is 93.7 Å². The summed E-state index contributed by atoms with van der Waals surface area (Å²) in [5, 5.41) is 0. The van der Waals surface area contributed by atoms with Gasteiger partial charge in [-0.15, -0.1) is 11.3 Å². The molecule has 0 aliphatic rings. The van der Waals surface area contributed by atoms with Crippen LogP contribution in [0.25, 0.3) is 0 Å². The number of nitrogens with one attached hydrogen (secondary N) is 1. The summed E-state index contributed by atoms with van der Waals surface area (Å²) in [6, 6.07) is 21.1. The number of alkyl halides is 3. The molecule has 0 bridgehead atoms. The highest BCUT2D eigenvalue weighted by molar-refractivity contribution is 7.90. The zero-order valence-corrected chi connectivity index (χ0v) is 18.8. The zero-order valence-electron chi connectivity index (χ0n) is 17.2. The van der Waals surface area contributed by atoms with Crippen molar-refractivity contribution in [1.29, 1.82) is 0 Å². The molecule has 0 spiro atoms. The third-order valence-corrected chi connectivity index (χ3v) is 7.27. The van der Waals surface area contributed by atoms with E-state index in [-0.39, 0.29) is 23.0 Å². The van der Waals surface area contributed by atoms with Gasteiger partial charge in [0.1, 0.15) is 0 Å². The summed E-state index contributed by atoms with van der Waals surface area (Å²) < 4.78 is 64.2. The Kier molecular flexibility index (Phi) is 7.70. The summed E-state index contributed by atoms with van der Waals surface area (Å²) >= 11 is 0.294. The van der Waals surface area contributed by atoms with E-state index in [0.29, 0.717) is 17.8 Å². The van der Waals surface area contributed by atoms with E-state index >= 15 is 0 Å². The van der Waals surface area contributed by atoms with Gasteiger partial charge in [0, 0.05) is 5.92 Å². The molecule has 0 aliphatic heterocycles. The average molecular weight is 496 g/mol. The molecule has 1 aromatic heterocycles. The van der Waals surface area contributed by atoms with Gasteiger partial charge in [-0.25, -0.2) is 13.1 Å². The second-order valence-corrected chi connectivity index (χ2v) is 10.2. The molecule has 0 saturated carbocycles. The van der Waals surface area contributed by atoms with Crippen molar-refractivity contribution in [3.8, 4) is 0 Å². The molecule has 2 aromatic carbocycles. The Balaban J connectivity index is 1.63. The van der Waals surface area contributed by atoms with Gasteiger partial charge in [-0.2, -0.15) is 13.2 Å². The molecule has 5 nitrogen and oxygen atoms in total. The molecule has 3 aromatic rings. The second-order valence-electron chi connectivity index (χ2n) is 7.26. The van der Waals surface area contributed by atoms with Gasteiger partial charge in [-0.05, 0) is 36.1 Å². The van der Waals surface area contributed by atoms with Crippen LogP contribution in [0.15, 0.2) is 72.8 Å². The lowest BCUT2D eigenvalue weighted by Crippen LogP contribution is -2.32. The summed E-state index contributed by atoms with van der Waals surface area (Å²) in [5.74, 6) is -3.52. The molecule has 10 heteroatoms. The number of ketones is 1. The Morgan fingerprint density at radius 1 is 0.848 bits per heavy atom. The van der Waals surface area contributed by atoms with Crippen molar-refractivity contribution >= 4 is 33.1 Å². The van der Waals surface area contributed by atoms with Gasteiger partial charge >= 0.3 is 6.18 Å². The lowest BCUT2D eigenvalue weighted by Gasteiger charge is -2.18. The fraction of sp³-hybridized carbons (Fsp3) is 0.217. The molecule has 174 valence electrons. The number of benzene rings is 2. The maximum absolute atomic E-state index is 12.5. The third-order valence-electron chi connectivity index (χ3n) is 4.87. The SMILES string of the molecule is O=C(NS(=O)(=O)CCCC(c1ccccc1)c1ccccc1)c1ccc(C(=O)C(F)(F)F)s1. The number of hydrogen-bond acceptors (Lipinski definition) is 5. The van der Waals surface area contributed by atoms with E-state index in [1.807, 2.05) is 65.4 Å². The molecule has 1 amide bonds. The predicted molar refractivity (Wildman–Crippen MR) is 120 cm³/mol. The van der Waals surface area contributed by atoms with Crippen LogP contribution in [0.2, 0.25) is 0 Å². The quantitative estimate of drug-likeness (QED) is 0.416. The fourth-order valence-electron chi connectivity index (χ4n) is 3.34. The van der Waals surface area contributed by atoms with E-state index in [2.05, 4.69) is 0 Å². The lowest BCUT2D eigenvalue weighted by atomic mass is 9.88. The summed E-state index contributed by atoms with van der Waals surface area (Å²) in [5.41, 5.74) is 2.07. The normalized spacial score (nSPS) is 12.0. The third kappa shape index (κ3) is 6.75. The van der Waals surface area contributed by atoms with Crippen molar-refractivity contribution in [2.45, 2.75) is 24.9 Å². The van der Waals surface area contributed by atoms with Gasteiger partial charge in [0.2, 0.25) is 10.0 Å². The number of hydrogen-bond donors (Lipinski definition) is 1. The van der Waals surface area contributed by atoms with Gasteiger partial charge in [0.05, 0.1) is 15.5 Å². The molecule has 0 fully saturated rings. The topological polar surface area (TPSA) is 80.3 Å². The maximum atomic E-state index is 12.5. The van der Waals surface area contributed by atoms with Crippen molar-refractivity contribution in [3.63, 3.8) is 0 Å². The Bertz CT molecular complexity index is 1170. The van der Waals surface area contributed by atoms with Crippen molar-refractivity contribution in [2.75, 3.05) is 5.75 Å². The van der Waals surface area contributed by atoms with Crippen LogP contribution in [-0.2, 0) is 10.0 Å². The Labute approximate surface area is 193 Å². The van der Waals surface area contributed by atoms with Crippen molar-refractivity contribution < 1.29 is 31.2 Å². The number of halogens is 3. The van der Waals surface area contributed by atoms with E-state index in [9.17, 15) is 31.2 Å². The Morgan fingerprint density at radius 3 is 1.88 bits per heavy atom. The largest absolute Gasteiger partial charge is 0.455 e. The lowest BCUT2D eigenvalue weighted by molar-refractivity contribution is -0.0882. The van der Waals surface area contributed by atoms with Crippen LogP contribution in [0, 0.1) is 0 Å². The summed E-state index contributed by atoms with van der Waals surface area (Å²) in [6.45, 7) is 0. The number of carbonyl (C=O) groups excluding carboxylic acids is 2. The first-order valence-corrected chi connectivity index (χ1v) is 12.4. The molecule has 1 heterocycles. The number of carbonyl (C=O) groups is 2. The van der Waals surface area contributed by atoms with Crippen LogP contribution in [-0.4, -0.2) is 32.0 Å². The van der Waals surface area contributed by atoms with Gasteiger partial charge in [0.25, 0.3) is 11.7 Å². The van der Waals surface area contributed by atoms with Gasteiger partial charge < -0.3 is 0 Å². The highest BCUT2D eigenvalue weighted by atomic mass is 32.2. The molecular formula is C23H20F3NO4S2. The van der Waals surface area contributed by atoms with Crippen LogP contribution in [0.3, 0.4) is 0 Å². The van der Waals surface area contributed by atoms with Crippen molar-refractivity contribution in [2.24, 2.45) is 0 Å². The van der Waals surface area contributed by atoms with Crippen LogP contribution in [0.1, 0.15) is 49.2 Å². The standard InChI is InChI=1S/C23H20F3NO4S2/c24-23(25,26)21(28)19-13-14-20(32-19)22(29)27-33(30,31)15-7-12-18(16-8-3-1-4-9-16)17-10-5-2-6-11-17/h1-6,8-11,13-14,18H,7,12,15H2,(H,27,29). The van der Waals surface area contributed by atoms with Crippen LogP contribution < -0.4 is 4.72 Å². The summed E-state index contributed by atoms with van der Waals surface area (Å²) in [4.78, 5) is 22.5. The maximum Gasteiger partial charge on any atom is 0.455 e. The van der Waals surface area contributed by atoms with Gasteiger partial charge in [-0.3, -0.25) is 9.59 Å². The molecule has 1 N–H and O–H groups in total. The Morgan fingerprint density at radius 2 is 1.36 bits per heavy atom. The van der Waals surface area contributed by atoms with E-state index in [0.717, 1.165) is 23.3 Å². The molecule has 0 atom stereocenters.